The zero-order valence-corrected chi connectivity index (χ0v) is 14.3. The van der Waals surface area contributed by atoms with Crippen molar-refractivity contribution in [3.63, 3.8) is 0 Å². The Morgan fingerprint density at radius 1 is 1.22 bits per heavy atom. The summed E-state index contributed by atoms with van der Waals surface area (Å²) in [7, 11) is 0. The molecule has 0 radical (unpaired) electrons. The molecule has 126 valence electrons. The van der Waals surface area contributed by atoms with Gasteiger partial charge in [0.25, 0.3) is 0 Å². The Morgan fingerprint density at radius 2 is 1.96 bits per heavy atom. The highest BCUT2D eigenvalue weighted by Gasteiger charge is 2.29. The maximum absolute atomic E-state index is 13.2. The number of hydrogen-bond acceptors (Lipinski definition) is 3. The summed E-state index contributed by atoms with van der Waals surface area (Å²) in [5, 5.41) is 3.51. The van der Waals surface area contributed by atoms with Gasteiger partial charge in [0.2, 0.25) is 5.91 Å². The minimum absolute atomic E-state index is 0.182. The van der Waals surface area contributed by atoms with Gasteiger partial charge in [0.15, 0.2) is 0 Å². The van der Waals surface area contributed by atoms with Crippen LogP contribution in [0.3, 0.4) is 0 Å². The first-order valence-electron chi connectivity index (χ1n) is 8.57. The van der Waals surface area contributed by atoms with Crippen LogP contribution in [-0.4, -0.2) is 41.4 Å². The monoisotopic (exact) mass is 336 g/mol. The van der Waals surface area contributed by atoms with Gasteiger partial charge in [0.1, 0.15) is 5.82 Å². The summed E-state index contributed by atoms with van der Waals surface area (Å²) >= 11 is 1.94. The van der Waals surface area contributed by atoms with E-state index in [0.717, 1.165) is 55.8 Å². The number of amides is 1. The number of carbonyl (C=O) groups excluding carboxylic acids is 1. The van der Waals surface area contributed by atoms with Crippen molar-refractivity contribution in [2.24, 2.45) is 5.92 Å². The number of benzene rings is 1. The normalized spacial score (nSPS) is 25.3. The molecule has 2 fully saturated rings. The van der Waals surface area contributed by atoms with Gasteiger partial charge in [-0.3, -0.25) is 4.79 Å². The molecule has 0 bridgehead atoms. The van der Waals surface area contributed by atoms with Crippen molar-refractivity contribution in [3.8, 4) is 0 Å². The molecule has 3 nitrogen and oxygen atoms in total. The van der Waals surface area contributed by atoms with Gasteiger partial charge >= 0.3 is 0 Å². The molecule has 1 amide bonds. The van der Waals surface area contributed by atoms with E-state index in [0.29, 0.717) is 18.5 Å². The first kappa shape index (κ1) is 16.8. The van der Waals surface area contributed by atoms with Gasteiger partial charge in [0, 0.05) is 43.1 Å². The summed E-state index contributed by atoms with van der Waals surface area (Å²) in [6.45, 7) is 2.53. The van der Waals surface area contributed by atoms with Crippen LogP contribution in [0.15, 0.2) is 24.3 Å². The maximum atomic E-state index is 13.2. The van der Waals surface area contributed by atoms with E-state index in [9.17, 15) is 9.18 Å². The van der Waals surface area contributed by atoms with E-state index >= 15 is 0 Å². The molecule has 23 heavy (non-hydrogen) atoms. The molecule has 3 rings (SSSR count). The lowest BCUT2D eigenvalue weighted by atomic mass is 9.85. The van der Waals surface area contributed by atoms with E-state index < -0.39 is 0 Å². The molecular weight excluding hydrogens is 311 g/mol. The minimum atomic E-state index is -0.182. The standard InChI is InChI=1S/C18H25FN2OS/c19-16-3-1-2-14(12-16)13-20-17-6-4-15(5-7-17)18(22)21-8-10-23-11-9-21/h1-3,12,15,17,20H,4-11,13H2. The van der Waals surface area contributed by atoms with Crippen LogP contribution < -0.4 is 5.32 Å². The first-order chi connectivity index (χ1) is 11.2. The molecular formula is C18H25FN2OS. The van der Waals surface area contributed by atoms with Crippen LogP contribution in [0.1, 0.15) is 31.2 Å². The Balaban J connectivity index is 1.42. The molecule has 1 aromatic carbocycles. The lowest BCUT2D eigenvalue weighted by molar-refractivity contribution is -0.136. The van der Waals surface area contributed by atoms with Crippen LogP contribution in [0.2, 0.25) is 0 Å². The lowest BCUT2D eigenvalue weighted by Gasteiger charge is -2.34. The van der Waals surface area contributed by atoms with Crippen molar-refractivity contribution in [3.05, 3.63) is 35.6 Å². The quantitative estimate of drug-likeness (QED) is 0.917. The maximum Gasteiger partial charge on any atom is 0.225 e. The minimum Gasteiger partial charge on any atom is -0.341 e. The van der Waals surface area contributed by atoms with E-state index in [1.54, 1.807) is 12.1 Å². The lowest BCUT2D eigenvalue weighted by Crippen LogP contribution is -2.44. The van der Waals surface area contributed by atoms with Gasteiger partial charge in [-0.2, -0.15) is 11.8 Å². The van der Waals surface area contributed by atoms with Gasteiger partial charge in [0.05, 0.1) is 0 Å². The van der Waals surface area contributed by atoms with Gasteiger partial charge < -0.3 is 10.2 Å². The Kier molecular flexibility index (Phi) is 5.95. The summed E-state index contributed by atoms with van der Waals surface area (Å²) in [4.78, 5) is 14.6. The third-order valence-corrected chi connectivity index (χ3v) is 5.83. The van der Waals surface area contributed by atoms with Crippen molar-refractivity contribution in [2.45, 2.75) is 38.3 Å². The number of carbonyl (C=O) groups is 1. The number of hydrogen-bond donors (Lipinski definition) is 1. The number of nitrogens with one attached hydrogen (secondary N) is 1. The average Bonchev–Trinajstić information content (AvgIpc) is 2.61. The highest BCUT2D eigenvalue weighted by molar-refractivity contribution is 7.99. The molecule has 0 atom stereocenters. The zero-order chi connectivity index (χ0) is 16.1. The highest BCUT2D eigenvalue weighted by atomic mass is 32.2. The largest absolute Gasteiger partial charge is 0.341 e. The zero-order valence-electron chi connectivity index (χ0n) is 13.5. The van der Waals surface area contributed by atoms with Gasteiger partial charge in [-0.25, -0.2) is 4.39 Å². The molecule has 1 N–H and O–H groups in total. The summed E-state index contributed by atoms with van der Waals surface area (Å²) in [6.07, 6.45) is 4.02. The first-order valence-corrected chi connectivity index (χ1v) is 9.72. The molecule has 1 saturated heterocycles. The molecule has 0 unspecified atom stereocenters. The van der Waals surface area contributed by atoms with Gasteiger partial charge in [-0.05, 0) is 43.4 Å². The second-order valence-corrected chi connectivity index (χ2v) is 7.72. The summed E-state index contributed by atoms with van der Waals surface area (Å²) in [5.41, 5.74) is 0.981. The van der Waals surface area contributed by atoms with Crippen LogP contribution in [-0.2, 0) is 11.3 Å². The van der Waals surface area contributed by atoms with Crippen LogP contribution in [0.25, 0.3) is 0 Å². The van der Waals surface area contributed by atoms with Crippen molar-refractivity contribution in [2.75, 3.05) is 24.6 Å². The van der Waals surface area contributed by atoms with Gasteiger partial charge in [-0.1, -0.05) is 12.1 Å². The van der Waals surface area contributed by atoms with Crippen molar-refractivity contribution in [1.29, 1.82) is 0 Å². The Labute approximate surface area is 142 Å². The topological polar surface area (TPSA) is 32.3 Å². The van der Waals surface area contributed by atoms with Crippen LogP contribution in [0, 0.1) is 11.7 Å². The molecule has 1 aliphatic heterocycles. The van der Waals surface area contributed by atoms with Crippen LogP contribution >= 0.6 is 11.8 Å². The second kappa shape index (κ2) is 8.15. The smallest absolute Gasteiger partial charge is 0.225 e. The van der Waals surface area contributed by atoms with Crippen molar-refractivity contribution < 1.29 is 9.18 Å². The molecule has 1 aromatic rings. The summed E-state index contributed by atoms with van der Waals surface area (Å²) in [5.74, 6) is 2.56. The fourth-order valence-electron chi connectivity index (χ4n) is 3.50. The molecule has 0 aromatic heterocycles. The van der Waals surface area contributed by atoms with Crippen LogP contribution in [0.4, 0.5) is 4.39 Å². The summed E-state index contributed by atoms with van der Waals surface area (Å²) < 4.78 is 13.2. The molecule has 0 spiro atoms. The van der Waals surface area contributed by atoms with E-state index in [-0.39, 0.29) is 11.7 Å². The Hall–Kier alpha value is -1.07. The fraction of sp³-hybridized carbons (Fsp3) is 0.611. The third-order valence-electron chi connectivity index (χ3n) is 4.88. The third kappa shape index (κ3) is 4.70. The van der Waals surface area contributed by atoms with Crippen LogP contribution in [0.5, 0.6) is 0 Å². The summed E-state index contributed by atoms with van der Waals surface area (Å²) in [6, 6.07) is 7.19. The molecule has 1 heterocycles. The fourth-order valence-corrected chi connectivity index (χ4v) is 4.40. The van der Waals surface area contributed by atoms with E-state index in [4.69, 9.17) is 0 Å². The van der Waals surface area contributed by atoms with E-state index in [1.165, 1.54) is 6.07 Å². The number of halogens is 1. The predicted octanol–water partition coefficient (Wildman–Crippen LogP) is 3.05. The molecule has 2 aliphatic rings. The highest BCUT2D eigenvalue weighted by Crippen LogP contribution is 2.27. The molecule has 5 heteroatoms. The Bertz CT molecular complexity index is 526. The average molecular weight is 336 g/mol. The Morgan fingerprint density at radius 3 is 2.65 bits per heavy atom. The number of nitrogens with zero attached hydrogens (tertiary/aromatic N) is 1. The predicted molar refractivity (Wildman–Crippen MR) is 92.9 cm³/mol. The molecule has 1 aliphatic carbocycles. The van der Waals surface area contributed by atoms with E-state index in [1.807, 2.05) is 17.8 Å². The number of thioether (sulfide) groups is 1. The van der Waals surface area contributed by atoms with Crippen molar-refractivity contribution >= 4 is 17.7 Å². The van der Waals surface area contributed by atoms with E-state index in [2.05, 4.69) is 10.2 Å². The van der Waals surface area contributed by atoms with Gasteiger partial charge in [-0.15, -0.1) is 0 Å². The number of rotatable bonds is 4. The SMILES string of the molecule is O=C(C1CCC(NCc2cccc(F)c2)CC1)N1CCSCC1. The molecule has 1 saturated carbocycles. The van der Waals surface area contributed by atoms with Crippen molar-refractivity contribution in [1.82, 2.24) is 10.2 Å². The second-order valence-electron chi connectivity index (χ2n) is 6.50.